The Labute approximate surface area is 184 Å². The van der Waals surface area contributed by atoms with Crippen LogP contribution >= 0.6 is 24.0 Å². The Morgan fingerprint density at radius 3 is 2.32 bits per heavy atom. The lowest BCUT2D eigenvalue weighted by molar-refractivity contribution is 0.339. The van der Waals surface area contributed by atoms with Crippen LogP contribution in [0.4, 0.5) is 0 Å². The van der Waals surface area contributed by atoms with Gasteiger partial charge in [-0.1, -0.05) is 0 Å². The summed E-state index contributed by atoms with van der Waals surface area (Å²) in [6.45, 7) is 7.24. The van der Waals surface area contributed by atoms with Crippen LogP contribution < -0.4 is 14.8 Å². The molecule has 2 N–H and O–H groups in total. The third kappa shape index (κ3) is 5.34. The molecule has 1 heterocycles. The molecule has 8 nitrogen and oxygen atoms in total. The molecular weight excluding hydrogens is 497 g/mol. The van der Waals surface area contributed by atoms with E-state index >= 15 is 0 Å². The molecule has 0 spiro atoms. The van der Waals surface area contributed by atoms with Crippen LogP contribution in [0.25, 0.3) is 0 Å². The Morgan fingerprint density at radius 1 is 1.29 bits per heavy atom. The van der Waals surface area contributed by atoms with Gasteiger partial charge >= 0.3 is 0 Å². The van der Waals surface area contributed by atoms with E-state index < -0.39 is 14.6 Å². The molecule has 1 fully saturated rings. The number of aromatic hydroxyl groups is 1. The maximum absolute atomic E-state index is 12.2. The molecule has 0 saturated carbocycles. The van der Waals surface area contributed by atoms with Gasteiger partial charge < -0.3 is 24.8 Å². The van der Waals surface area contributed by atoms with Crippen LogP contribution in [-0.2, 0) is 16.4 Å². The van der Waals surface area contributed by atoms with Crippen molar-refractivity contribution in [1.82, 2.24) is 10.2 Å². The topological polar surface area (TPSA) is 100 Å². The van der Waals surface area contributed by atoms with Crippen LogP contribution in [0.15, 0.2) is 17.1 Å². The lowest BCUT2D eigenvalue weighted by Crippen LogP contribution is -2.57. The van der Waals surface area contributed by atoms with E-state index in [1.807, 2.05) is 11.8 Å². The van der Waals surface area contributed by atoms with Crippen LogP contribution in [0, 0.1) is 0 Å². The number of sulfone groups is 1. The van der Waals surface area contributed by atoms with E-state index in [9.17, 15) is 13.5 Å². The normalized spacial score (nSPS) is 18.2. The molecular formula is C18H30IN3O5S. The van der Waals surface area contributed by atoms with Gasteiger partial charge in [0.25, 0.3) is 0 Å². The van der Waals surface area contributed by atoms with Gasteiger partial charge in [0.1, 0.15) is 0 Å². The Balaban J connectivity index is 0.00000392. The number of phenols is 1. The molecule has 0 atom stereocenters. The predicted molar refractivity (Wildman–Crippen MR) is 121 cm³/mol. The molecule has 2 rings (SSSR count). The SMILES string of the molecule is CCNC(=NCc1cc(OC)c(O)c(OC)c1)N1CCS(=O)(=O)C(C)(C)C1.I. The largest absolute Gasteiger partial charge is 0.502 e. The van der Waals surface area contributed by atoms with Crippen LogP contribution in [0.1, 0.15) is 26.3 Å². The molecule has 0 aromatic heterocycles. The molecule has 28 heavy (non-hydrogen) atoms. The van der Waals surface area contributed by atoms with Crippen molar-refractivity contribution >= 4 is 39.8 Å². The maximum atomic E-state index is 12.2. The molecule has 0 radical (unpaired) electrons. The highest BCUT2D eigenvalue weighted by molar-refractivity contribution is 14.0. The number of methoxy groups -OCH3 is 2. The zero-order chi connectivity index (χ0) is 20.2. The number of benzene rings is 1. The lowest BCUT2D eigenvalue weighted by atomic mass is 10.2. The lowest BCUT2D eigenvalue weighted by Gasteiger charge is -2.39. The molecule has 1 aliphatic heterocycles. The third-order valence-corrected chi connectivity index (χ3v) is 7.16. The average molecular weight is 527 g/mol. The number of halogens is 1. The van der Waals surface area contributed by atoms with Crippen molar-refractivity contribution in [1.29, 1.82) is 0 Å². The maximum Gasteiger partial charge on any atom is 0.200 e. The fraction of sp³-hybridized carbons (Fsp3) is 0.611. The van der Waals surface area contributed by atoms with Crippen LogP contribution in [0.3, 0.4) is 0 Å². The van der Waals surface area contributed by atoms with Gasteiger partial charge in [0.05, 0.1) is 31.3 Å². The van der Waals surface area contributed by atoms with Crippen molar-refractivity contribution in [2.45, 2.75) is 32.1 Å². The summed E-state index contributed by atoms with van der Waals surface area (Å²) in [5, 5.41) is 13.2. The number of hydrogen-bond donors (Lipinski definition) is 2. The number of aliphatic imine (C=N–C) groups is 1. The van der Waals surface area contributed by atoms with E-state index in [0.717, 1.165) is 5.56 Å². The molecule has 0 aliphatic carbocycles. The molecule has 1 saturated heterocycles. The van der Waals surface area contributed by atoms with Crippen molar-refractivity contribution < 1.29 is 23.0 Å². The van der Waals surface area contributed by atoms with Gasteiger partial charge in [-0.3, -0.25) is 0 Å². The number of rotatable bonds is 5. The van der Waals surface area contributed by atoms with Gasteiger partial charge in [-0.25, -0.2) is 13.4 Å². The summed E-state index contributed by atoms with van der Waals surface area (Å²) in [7, 11) is -0.169. The molecule has 160 valence electrons. The van der Waals surface area contributed by atoms with Crippen molar-refractivity contribution in [3.8, 4) is 17.2 Å². The standard InChI is InChI=1S/C18H29N3O5S.HI/c1-6-19-17(21-7-8-27(23,24)18(2,3)12-21)20-11-13-9-14(25-4)16(22)15(10-13)26-5;/h9-10,22H,6-8,11-12H2,1-5H3,(H,19,20);1H. The zero-order valence-corrected chi connectivity index (χ0v) is 20.1. The van der Waals surface area contributed by atoms with Crippen molar-refractivity contribution in [3.05, 3.63) is 17.7 Å². The minimum absolute atomic E-state index is 0. The number of ether oxygens (including phenoxy) is 2. The van der Waals surface area contributed by atoms with Gasteiger partial charge in [0, 0.05) is 19.6 Å². The van der Waals surface area contributed by atoms with E-state index in [-0.39, 0.29) is 35.5 Å². The van der Waals surface area contributed by atoms with Gasteiger partial charge in [-0.15, -0.1) is 24.0 Å². The molecule has 1 aromatic rings. The van der Waals surface area contributed by atoms with E-state index in [1.165, 1.54) is 14.2 Å². The number of hydrogen-bond acceptors (Lipinski definition) is 6. The molecule has 1 aliphatic rings. The van der Waals surface area contributed by atoms with Crippen molar-refractivity contribution in [3.63, 3.8) is 0 Å². The van der Waals surface area contributed by atoms with E-state index in [0.29, 0.717) is 43.6 Å². The van der Waals surface area contributed by atoms with Crippen molar-refractivity contribution in [2.24, 2.45) is 4.99 Å². The van der Waals surface area contributed by atoms with Crippen LogP contribution in [0.5, 0.6) is 17.2 Å². The Bertz CT molecular complexity index is 786. The predicted octanol–water partition coefficient (Wildman–Crippen LogP) is 2.00. The number of nitrogens with one attached hydrogen (secondary N) is 1. The monoisotopic (exact) mass is 527 g/mol. The molecule has 10 heteroatoms. The number of phenolic OH excluding ortho intramolecular Hbond substituents is 1. The Morgan fingerprint density at radius 2 is 1.86 bits per heavy atom. The highest BCUT2D eigenvalue weighted by atomic mass is 127. The molecule has 1 aromatic carbocycles. The molecule has 0 amide bonds. The average Bonchev–Trinajstić information content (AvgIpc) is 2.62. The first-order valence-electron chi connectivity index (χ1n) is 8.84. The number of nitrogens with zero attached hydrogens (tertiary/aromatic N) is 2. The quantitative estimate of drug-likeness (QED) is 0.343. The van der Waals surface area contributed by atoms with Gasteiger partial charge in [0.15, 0.2) is 27.3 Å². The smallest absolute Gasteiger partial charge is 0.200 e. The minimum atomic E-state index is -3.12. The second kappa shape index (κ2) is 9.86. The Hall–Kier alpha value is -1.43. The highest BCUT2D eigenvalue weighted by Gasteiger charge is 2.40. The summed E-state index contributed by atoms with van der Waals surface area (Å²) in [4.78, 5) is 6.62. The summed E-state index contributed by atoms with van der Waals surface area (Å²) in [5.41, 5.74) is 0.806. The summed E-state index contributed by atoms with van der Waals surface area (Å²) in [6.07, 6.45) is 0. The Kier molecular flexibility index (Phi) is 8.66. The summed E-state index contributed by atoms with van der Waals surface area (Å²) in [6, 6.07) is 3.41. The highest BCUT2D eigenvalue weighted by Crippen LogP contribution is 2.37. The van der Waals surface area contributed by atoms with E-state index in [4.69, 9.17) is 9.47 Å². The first kappa shape index (κ1) is 24.6. The summed E-state index contributed by atoms with van der Waals surface area (Å²) >= 11 is 0. The number of guanidine groups is 1. The molecule has 0 unspecified atom stereocenters. The second-order valence-electron chi connectivity index (χ2n) is 7.02. The molecule has 0 bridgehead atoms. The summed E-state index contributed by atoms with van der Waals surface area (Å²) in [5.74, 6) is 1.34. The van der Waals surface area contributed by atoms with Gasteiger partial charge in [-0.05, 0) is 38.5 Å². The van der Waals surface area contributed by atoms with Gasteiger partial charge in [0.2, 0.25) is 5.75 Å². The first-order chi connectivity index (χ1) is 12.6. The van der Waals surface area contributed by atoms with E-state index in [2.05, 4.69) is 10.3 Å². The van der Waals surface area contributed by atoms with Crippen LogP contribution in [-0.4, -0.2) is 68.7 Å². The van der Waals surface area contributed by atoms with Crippen LogP contribution in [0.2, 0.25) is 0 Å². The second-order valence-corrected chi connectivity index (χ2v) is 9.76. The summed E-state index contributed by atoms with van der Waals surface area (Å²) < 4.78 is 34.0. The third-order valence-electron chi connectivity index (χ3n) is 4.63. The van der Waals surface area contributed by atoms with Crippen molar-refractivity contribution in [2.75, 3.05) is 39.6 Å². The van der Waals surface area contributed by atoms with E-state index in [1.54, 1.807) is 26.0 Å². The minimum Gasteiger partial charge on any atom is -0.502 e. The van der Waals surface area contributed by atoms with Gasteiger partial charge in [-0.2, -0.15) is 0 Å². The fourth-order valence-electron chi connectivity index (χ4n) is 2.96. The fourth-order valence-corrected chi connectivity index (χ4v) is 4.32. The first-order valence-corrected chi connectivity index (χ1v) is 10.5. The zero-order valence-electron chi connectivity index (χ0n) is 17.0.